The maximum atomic E-state index is 13.7. The molecule has 0 aliphatic heterocycles. The third-order valence-corrected chi connectivity index (χ3v) is 10.4. The highest BCUT2D eigenvalue weighted by molar-refractivity contribution is 5.83. The van der Waals surface area contributed by atoms with Crippen LogP contribution in [0.3, 0.4) is 0 Å². The number of nitrogens with zero attached hydrogens (tertiary/aromatic N) is 3. The maximum Gasteiger partial charge on any atom is 0.407 e. The average Bonchev–Trinajstić information content (AvgIpc) is 3.43. The second kappa shape index (κ2) is 40.7. The van der Waals surface area contributed by atoms with E-state index in [4.69, 9.17) is 42.6 Å². The van der Waals surface area contributed by atoms with Crippen molar-refractivity contribution in [3.8, 4) is 0 Å². The van der Waals surface area contributed by atoms with Crippen molar-refractivity contribution in [2.24, 2.45) is 0 Å². The first kappa shape index (κ1) is 67.5. The van der Waals surface area contributed by atoms with E-state index < -0.39 is 129 Å². The molecule has 0 fully saturated rings. The second-order valence-electron chi connectivity index (χ2n) is 16.4. The first-order valence-electron chi connectivity index (χ1n) is 25.0. The molecule has 0 spiro atoms. The van der Waals surface area contributed by atoms with Crippen LogP contribution in [0.15, 0.2) is 90.3 Å². The second-order valence-corrected chi connectivity index (χ2v) is 16.4. The molecule has 78 heavy (non-hydrogen) atoms. The minimum absolute atomic E-state index is 0.0199. The molecule has 0 bridgehead atoms. The lowest BCUT2D eigenvalue weighted by molar-refractivity contribution is -0.147. The number of alkyl carbamates (subject to hydrolysis) is 3. The SMILES string of the molecule is C=CC(=O)OCC(COC(=O)C=C)OC(=O)NCCCCCCn1c(=O)n(CCCCCCNC(=O)OC(COC(=O)C=C)COC(=O)C=C)c(=O)n(CCCCCCNC(=O)OC(COC(=O)C=C)COC(=O)C=C)c1=O. The molecule has 0 aromatic carbocycles. The van der Waals surface area contributed by atoms with Crippen LogP contribution in [0.4, 0.5) is 14.4 Å². The molecular formula is C51H72N6O21. The minimum atomic E-state index is -1.12. The van der Waals surface area contributed by atoms with E-state index in [-0.39, 0.29) is 39.3 Å². The number of hydrogen-bond donors (Lipinski definition) is 3. The molecule has 0 saturated carbocycles. The maximum absolute atomic E-state index is 13.7. The number of carbonyl (C=O) groups excluding carboxylic acids is 9. The average molecular weight is 1110 g/mol. The Morgan fingerprint density at radius 2 is 0.526 bits per heavy atom. The largest absolute Gasteiger partial charge is 0.458 e. The van der Waals surface area contributed by atoms with Gasteiger partial charge in [0.05, 0.1) is 0 Å². The van der Waals surface area contributed by atoms with Crippen molar-refractivity contribution in [3.05, 3.63) is 107 Å². The van der Waals surface area contributed by atoms with Crippen molar-refractivity contribution < 1.29 is 85.8 Å². The molecule has 0 radical (unpaired) electrons. The van der Waals surface area contributed by atoms with Crippen LogP contribution in [0.1, 0.15) is 77.0 Å². The zero-order chi connectivity index (χ0) is 58.1. The van der Waals surface area contributed by atoms with Gasteiger partial charge in [-0.2, -0.15) is 0 Å². The van der Waals surface area contributed by atoms with Gasteiger partial charge in [-0.05, 0) is 38.5 Å². The van der Waals surface area contributed by atoms with Crippen LogP contribution in [0.5, 0.6) is 0 Å². The van der Waals surface area contributed by atoms with Crippen LogP contribution < -0.4 is 33.0 Å². The van der Waals surface area contributed by atoms with Gasteiger partial charge in [-0.15, -0.1) is 0 Å². The molecule has 0 aliphatic carbocycles. The van der Waals surface area contributed by atoms with Crippen molar-refractivity contribution in [1.82, 2.24) is 29.7 Å². The Morgan fingerprint density at radius 3 is 0.718 bits per heavy atom. The molecule has 3 amide bonds. The Balaban J connectivity index is 2.94. The fraction of sp³-hybridized carbons (Fsp3) is 0.529. The number of aromatic nitrogens is 3. The van der Waals surface area contributed by atoms with E-state index in [9.17, 15) is 57.5 Å². The lowest BCUT2D eigenvalue weighted by atomic mass is 10.2. The molecular weight excluding hydrogens is 1030 g/mol. The van der Waals surface area contributed by atoms with Gasteiger partial charge in [-0.3, -0.25) is 0 Å². The molecule has 1 aromatic heterocycles. The Labute approximate surface area is 450 Å². The molecule has 27 heteroatoms. The van der Waals surface area contributed by atoms with E-state index in [0.717, 1.165) is 50.2 Å². The van der Waals surface area contributed by atoms with E-state index >= 15 is 0 Å². The summed E-state index contributed by atoms with van der Waals surface area (Å²) in [5.41, 5.74) is -2.36. The van der Waals surface area contributed by atoms with Gasteiger partial charge < -0.3 is 58.6 Å². The summed E-state index contributed by atoms with van der Waals surface area (Å²) in [5, 5.41) is 7.66. The lowest BCUT2D eigenvalue weighted by Gasteiger charge is -2.17. The quantitative estimate of drug-likeness (QED) is 0.0366. The monoisotopic (exact) mass is 1100 g/mol. The van der Waals surface area contributed by atoms with Crippen LogP contribution in [0.2, 0.25) is 0 Å². The summed E-state index contributed by atoms with van der Waals surface area (Å²) >= 11 is 0. The predicted octanol–water partition coefficient (Wildman–Crippen LogP) is 2.51. The topological polar surface area (TPSA) is 339 Å². The van der Waals surface area contributed by atoms with Gasteiger partial charge in [-0.1, -0.05) is 78.0 Å². The summed E-state index contributed by atoms with van der Waals surface area (Å²) in [7, 11) is 0. The standard InChI is InChI=1S/C51H72N6O21/c1-7-40(58)70-31-37(32-71-41(59)8-2)76-46(64)52-25-19-13-16-22-28-55-49(67)56(29-23-17-14-20-26-53-47(65)77-38(33-72-42(60)9-3)34-73-43(61)10-4)51(69)57(50(55)68)30-24-18-15-21-27-54-48(66)78-39(35-74-44(62)11-5)36-75-45(63)12-6/h7-12,37-39H,1-6,13-36H2,(H,52,64)(H,53,65)(H,54,66). The van der Waals surface area contributed by atoms with Gasteiger partial charge >= 0.3 is 71.2 Å². The number of rotatable bonds is 42. The number of amides is 3. The molecule has 1 rings (SSSR count). The minimum Gasteiger partial charge on any atom is -0.458 e. The highest BCUT2D eigenvalue weighted by Gasteiger charge is 2.22. The van der Waals surface area contributed by atoms with Gasteiger partial charge in [0.2, 0.25) is 0 Å². The normalized spacial score (nSPS) is 10.5. The van der Waals surface area contributed by atoms with Gasteiger partial charge in [0.25, 0.3) is 0 Å². The lowest BCUT2D eigenvalue weighted by Crippen LogP contribution is -2.54. The van der Waals surface area contributed by atoms with Crippen molar-refractivity contribution in [2.75, 3.05) is 59.3 Å². The predicted molar refractivity (Wildman–Crippen MR) is 276 cm³/mol. The van der Waals surface area contributed by atoms with Gasteiger partial charge in [0, 0.05) is 75.7 Å². The van der Waals surface area contributed by atoms with Crippen molar-refractivity contribution in [3.63, 3.8) is 0 Å². The number of esters is 6. The molecule has 432 valence electrons. The number of nitrogens with one attached hydrogen (secondary N) is 3. The van der Waals surface area contributed by atoms with Crippen LogP contribution in [0.25, 0.3) is 0 Å². The summed E-state index contributed by atoms with van der Waals surface area (Å²) in [6, 6.07) is 0. The number of hydrogen-bond acceptors (Lipinski definition) is 21. The van der Waals surface area contributed by atoms with Crippen LogP contribution >= 0.6 is 0 Å². The molecule has 0 aliphatic rings. The van der Waals surface area contributed by atoms with Crippen molar-refractivity contribution in [1.29, 1.82) is 0 Å². The molecule has 27 nitrogen and oxygen atoms in total. The zero-order valence-electron chi connectivity index (χ0n) is 43.8. The van der Waals surface area contributed by atoms with E-state index in [1.54, 1.807) is 0 Å². The molecule has 0 atom stereocenters. The van der Waals surface area contributed by atoms with Crippen LogP contribution in [0, 0.1) is 0 Å². The summed E-state index contributed by atoms with van der Waals surface area (Å²) < 4.78 is 48.1. The Hall–Kier alpha value is -8.52. The van der Waals surface area contributed by atoms with Gasteiger partial charge in [0.1, 0.15) is 39.6 Å². The van der Waals surface area contributed by atoms with Crippen molar-refractivity contribution >= 4 is 54.1 Å². The highest BCUT2D eigenvalue weighted by atomic mass is 16.6. The third kappa shape index (κ3) is 30.1. The summed E-state index contributed by atoms with van der Waals surface area (Å²) in [5.74, 6) is -4.66. The summed E-state index contributed by atoms with van der Waals surface area (Å²) in [6.45, 7) is 17.7. The van der Waals surface area contributed by atoms with Crippen LogP contribution in [-0.2, 0) is 91.0 Å². The Kier molecular flexibility index (Phi) is 35.3. The highest BCUT2D eigenvalue weighted by Crippen LogP contribution is 2.06. The fourth-order valence-corrected chi connectivity index (χ4v) is 6.40. The molecule has 0 saturated heterocycles. The number of ether oxygens (including phenoxy) is 9. The Bertz CT molecular complexity index is 2030. The number of unbranched alkanes of at least 4 members (excludes halogenated alkanes) is 9. The summed E-state index contributed by atoms with van der Waals surface area (Å²) in [4.78, 5) is 147. The van der Waals surface area contributed by atoms with E-state index in [0.29, 0.717) is 77.0 Å². The van der Waals surface area contributed by atoms with Crippen LogP contribution in [-0.4, -0.2) is 145 Å². The van der Waals surface area contributed by atoms with Gasteiger partial charge in [0.15, 0.2) is 18.3 Å². The molecule has 1 aromatic rings. The third-order valence-electron chi connectivity index (χ3n) is 10.4. The Morgan fingerprint density at radius 1 is 0.333 bits per heavy atom. The number of carbonyl (C=O) groups is 9. The molecule has 1 heterocycles. The summed E-state index contributed by atoms with van der Waals surface area (Å²) in [6.07, 6.45) is 5.18. The van der Waals surface area contributed by atoms with Gasteiger partial charge in [-0.25, -0.2) is 71.2 Å². The molecule has 0 unspecified atom stereocenters. The first-order valence-corrected chi connectivity index (χ1v) is 25.0. The van der Waals surface area contributed by atoms with Crippen molar-refractivity contribution in [2.45, 2.75) is 115 Å². The smallest absolute Gasteiger partial charge is 0.407 e. The van der Waals surface area contributed by atoms with E-state index in [1.807, 2.05) is 0 Å². The molecule has 3 N–H and O–H groups in total. The van der Waals surface area contributed by atoms with E-state index in [1.165, 1.54) is 0 Å². The zero-order valence-corrected chi connectivity index (χ0v) is 43.8. The fourth-order valence-electron chi connectivity index (χ4n) is 6.40. The van der Waals surface area contributed by atoms with E-state index in [2.05, 4.69) is 55.4 Å². The first-order chi connectivity index (χ1) is 37.4.